The van der Waals surface area contributed by atoms with Gasteiger partial charge in [-0.05, 0) is 25.1 Å². The Kier molecular flexibility index (Phi) is 7.17. The molecule has 1 N–H and O–H groups in total. The standard InChI is InChI=1S/C19H20Cl2N4O5S/c1-13-5-6-14(11-16(13)25(27)28)22-18(26)12-23-7-9-24(10-8-23)31(29,30)17-4-2-3-15(20)19(17)21/h2-6,11H,7-10,12H2,1H3,(H,22,26). The van der Waals surface area contributed by atoms with Gasteiger partial charge in [0, 0.05) is 43.5 Å². The smallest absolute Gasteiger partial charge is 0.274 e. The molecule has 1 amide bonds. The van der Waals surface area contributed by atoms with Gasteiger partial charge in [0.05, 0.1) is 21.5 Å². The first-order valence-corrected chi connectivity index (χ1v) is 11.5. The number of halogens is 2. The molecule has 0 radical (unpaired) electrons. The van der Waals surface area contributed by atoms with E-state index in [0.29, 0.717) is 24.3 Å². The molecular weight excluding hydrogens is 467 g/mol. The van der Waals surface area contributed by atoms with Gasteiger partial charge in [-0.15, -0.1) is 0 Å². The van der Waals surface area contributed by atoms with E-state index >= 15 is 0 Å². The van der Waals surface area contributed by atoms with E-state index in [2.05, 4.69) is 5.32 Å². The molecule has 3 rings (SSSR count). The van der Waals surface area contributed by atoms with E-state index < -0.39 is 14.9 Å². The van der Waals surface area contributed by atoms with Gasteiger partial charge in [0.25, 0.3) is 5.69 Å². The number of carbonyl (C=O) groups excluding carboxylic acids is 1. The molecule has 0 aliphatic carbocycles. The number of nitrogens with one attached hydrogen (secondary N) is 1. The van der Waals surface area contributed by atoms with E-state index in [-0.39, 0.29) is 46.2 Å². The molecule has 0 bridgehead atoms. The number of carbonyl (C=O) groups is 1. The van der Waals surface area contributed by atoms with Crippen LogP contribution >= 0.6 is 23.2 Å². The van der Waals surface area contributed by atoms with Crippen LogP contribution in [0.4, 0.5) is 11.4 Å². The van der Waals surface area contributed by atoms with Crippen LogP contribution in [0.2, 0.25) is 10.0 Å². The minimum atomic E-state index is -3.81. The molecule has 1 aliphatic rings. The molecule has 2 aromatic rings. The zero-order valence-electron chi connectivity index (χ0n) is 16.5. The van der Waals surface area contributed by atoms with Crippen molar-refractivity contribution in [3.05, 3.63) is 62.1 Å². The van der Waals surface area contributed by atoms with Crippen LogP contribution in [0, 0.1) is 17.0 Å². The van der Waals surface area contributed by atoms with Crippen LogP contribution in [0.5, 0.6) is 0 Å². The summed E-state index contributed by atoms with van der Waals surface area (Å²) in [5.41, 5.74) is 0.760. The summed E-state index contributed by atoms with van der Waals surface area (Å²) >= 11 is 12.0. The molecule has 1 aliphatic heterocycles. The molecule has 12 heteroatoms. The van der Waals surface area contributed by atoms with Crippen LogP contribution in [-0.2, 0) is 14.8 Å². The van der Waals surface area contributed by atoms with Crippen molar-refractivity contribution in [2.45, 2.75) is 11.8 Å². The lowest BCUT2D eigenvalue weighted by atomic mass is 10.2. The topological polar surface area (TPSA) is 113 Å². The fourth-order valence-corrected chi connectivity index (χ4v) is 5.40. The number of sulfonamides is 1. The molecule has 166 valence electrons. The Balaban J connectivity index is 1.59. The molecule has 0 aromatic heterocycles. The normalized spacial score (nSPS) is 15.6. The van der Waals surface area contributed by atoms with Crippen molar-refractivity contribution >= 4 is 50.5 Å². The van der Waals surface area contributed by atoms with Crippen LogP contribution in [0.3, 0.4) is 0 Å². The SMILES string of the molecule is Cc1ccc(NC(=O)CN2CCN(S(=O)(=O)c3cccc(Cl)c3Cl)CC2)cc1[N+](=O)[O-]. The number of benzene rings is 2. The first-order chi connectivity index (χ1) is 14.6. The van der Waals surface area contributed by atoms with Crippen molar-refractivity contribution in [3.8, 4) is 0 Å². The Morgan fingerprint density at radius 1 is 1.16 bits per heavy atom. The number of nitro groups is 1. The van der Waals surface area contributed by atoms with Gasteiger partial charge in [-0.1, -0.05) is 35.3 Å². The zero-order chi connectivity index (χ0) is 22.8. The summed E-state index contributed by atoms with van der Waals surface area (Å²) in [6, 6.07) is 8.92. The maximum Gasteiger partial charge on any atom is 0.274 e. The lowest BCUT2D eigenvalue weighted by Crippen LogP contribution is -2.50. The average molecular weight is 487 g/mol. The van der Waals surface area contributed by atoms with Crippen molar-refractivity contribution in [2.75, 3.05) is 38.0 Å². The van der Waals surface area contributed by atoms with Crippen LogP contribution in [0.15, 0.2) is 41.3 Å². The molecular formula is C19H20Cl2N4O5S. The number of nitrogens with zero attached hydrogens (tertiary/aromatic N) is 3. The van der Waals surface area contributed by atoms with Crippen LogP contribution in [0.25, 0.3) is 0 Å². The Hall–Kier alpha value is -2.24. The maximum absolute atomic E-state index is 12.9. The zero-order valence-corrected chi connectivity index (χ0v) is 18.9. The lowest BCUT2D eigenvalue weighted by Gasteiger charge is -2.33. The Morgan fingerprint density at radius 2 is 1.84 bits per heavy atom. The minimum absolute atomic E-state index is 0.0156. The van der Waals surface area contributed by atoms with Gasteiger partial charge < -0.3 is 5.32 Å². The molecule has 0 spiro atoms. The summed E-state index contributed by atoms with van der Waals surface area (Å²) in [5, 5.41) is 13.8. The van der Waals surface area contributed by atoms with Crippen molar-refractivity contribution in [2.24, 2.45) is 0 Å². The fourth-order valence-electron chi connectivity index (χ4n) is 3.24. The molecule has 1 heterocycles. The molecule has 0 saturated carbocycles. The van der Waals surface area contributed by atoms with Crippen LogP contribution in [-0.4, -0.2) is 61.2 Å². The second-order valence-corrected chi connectivity index (χ2v) is 9.73. The van der Waals surface area contributed by atoms with Gasteiger partial charge in [0.15, 0.2) is 0 Å². The van der Waals surface area contributed by atoms with Gasteiger partial charge in [0.1, 0.15) is 4.90 Å². The highest BCUT2D eigenvalue weighted by atomic mass is 35.5. The summed E-state index contributed by atoms with van der Waals surface area (Å²) in [5.74, 6) is -0.340. The second kappa shape index (κ2) is 9.49. The highest BCUT2D eigenvalue weighted by molar-refractivity contribution is 7.89. The lowest BCUT2D eigenvalue weighted by molar-refractivity contribution is -0.385. The largest absolute Gasteiger partial charge is 0.325 e. The fraction of sp³-hybridized carbons (Fsp3) is 0.316. The number of piperazine rings is 1. The van der Waals surface area contributed by atoms with Gasteiger partial charge in [0.2, 0.25) is 15.9 Å². The van der Waals surface area contributed by atoms with Gasteiger partial charge in [-0.2, -0.15) is 4.31 Å². The molecule has 1 saturated heterocycles. The first-order valence-electron chi connectivity index (χ1n) is 9.31. The first kappa shape index (κ1) is 23.4. The van der Waals surface area contributed by atoms with E-state index in [9.17, 15) is 23.3 Å². The number of hydrogen-bond acceptors (Lipinski definition) is 6. The van der Waals surface area contributed by atoms with Gasteiger partial charge >= 0.3 is 0 Å². The number of hydrogen-bond donors (Lipinski definition) is 1. The number of anilines is 1. The molecule has 9 nitrogen and oxygen atoms in total. The van der Waals surface area contributed by atoms with Crippen LogP contribution < -0.4 is 5.32 Å². The molecule has 31 heavy (non-hydrogen) atoms. The van der Waals surface area contributed by atoms with E-state index in [1.165, 1.54) is 28.6 Å². The predicted octanol–water partition coefficient (Wildman–Crippen LogP) is 3.16. The number of rotatable bonds is 6. The number of aryl methyl sites for hydroxylation is 1. The highest BCUT2D eigenvalue weighted by Crippen LogP contribution is 2.31. The molecule has 0 unspecified atom stereocenters. The van der Waals surface area contributed by atoms with Crippen molar-refractivity contribution in [1.29, 1.82) is 0 Å². The highest BCUT2D eigenvalue weighted by Gasteiger charge is 2.31. The van der Waals surface area contributed by atoms with Crippen molar-refractivity contribution in [3.63, 3.8) is 0 Å². The predicted molar refractivity (Wildman–Crippen MR) is 118 cm³/mol. The Bertz CT molecular complexity index is 1120. The summed E-state index contributed by atoms with van der Waals surface area (Å²) < 4.78 is 27.1. The van der Waals surface area contributed by atoms with Gasteiger partial charge in [-0.3, -0.25) is 19.8 Å². The Morgan fingerprint density at radius 3 is 2.48 bits per heavy atom. The molecule has 2 aromatic carbocycles. The van der Waals surface area contributed by atoms with E-state index in [4.69, 9.17) is 23.2 Å². The monoisotopic (exact) mass is 486 g/mol. The van der Waals surface area contributed by atoms with Crippen molar-refractivity contribution < 1.29 is 18.1 Å². The molecule has 0 atom stereocenters. The summed E-state index contributed by atoms with van der Waals surface area (Å²) in [6.45, 7) is 2.72. The van der Waals surface area contributed by atoms with Crippen LogP contribution in [0.1, 0.15) is 5.56 Å². The number of nitro benzene ring substituents is 1. The van der Waals surface area contributed by atoms with E-state index in [1.807, 2.05) is 4.90 Å². The summed E-state index contributed by atoms with van der Waals surface area (Å²) in [6.07, 6.45) is 0. The Labute approximate surface area is 189 Å². The summed E-state index contributed by atoms with van der Waals surface area (Å²) in [7, 11) is -3.81. The third-order valence-corrected chi connectivity index (χ3v) is 7.79. The minimum Gasteiger partial charge on any atom is -0.325 e. The number of amides is 1. The molecule has 1 fully saturated rings. The average Bonchev–Trinajstić information content (AvgIpc) is 2.71. The summed E-state index contributed by atoms with van der Waals surface area (Å²) in [4.78, 5) is 24.6. The maximum atomic E-state index is 12.9. The van der Waals surface area contributed by atoms with Crippen molar-refractivity contribution in [1.82, 2.24) is 9.21 Å². The second-order valence-electron chi connectivity index (χ2n) is 7.04. The van der Waals surface area contributed by atoms with Gasteiger partial charge in [-0.25, -0.2) is 8.42 Å². The quantitative estimate of drug-likeness (QED) is 0.495. The third kappa shape index (κ3) is 5.34. The van der Waals surface area contributed by atoms with E-state index in [0.717, 1.165) is 0 Å². The third-order valence-electron chi connectivity index (χ3n) is 4.92. The van der Waals surface area contributed by atoms with E-state index in [1.54, 1.807) is 19.1 Å².